The number of benzene rings is 2. The van der Waals surface area contributed by atoms with Crippen LogP contribution in [-0.4, -0.2) is 54.4 Å². The molecule has 8 heteroatoms. The molecule has 1 saturated heterocycles. The van der Waals surface area contributed by atoms with Crippen LogP contribution in [0.2, 0.25) is 0 Å². The molecule has 1 aliphatic rings. The average molecular weight is 407 g/mol. The highest BCUT2D eigenvalue weighted by atomic mass is 19.1. The van der Waals surface area contributed by atoms with Gasteiger partial charge in [0.15, 0.2) is 5.82 Å². The zero-order valence-electron chi connectivity index (χ0n) is 16.6. The van der Waals surface area contributed by atoms with Gasteiger partial charge in [-0.3, -0.25) is 0 Å². The van der Waals surface area contributed by atoms with Crippen molar-refractivity contribution in [2.75, 3.05) is 43.5 Å². The lowest BCUT2D eigenvalue weighted by Gasteiger charge is -2.35. The number of carbonyl (C=O) groups is 1. The van der Waals surface area contributed by atoms with Crippen molar-refractivity contribution in [3.8, 4) is 17.0 Å². The van der Waals surface area contributed by atoms with Crippen molar-refractivity contribution in [3.05, 3.63) is 66.5 Å². The first-order valence-electron chi connectivity index (χ1n) is 9.68. The van der Waals surface area contributed by atoms with Gasteiger partial charge in [0.2, 0.25) is 0 Å². The summed E-state index contributed by atoms with van der Waals surface area (Å²) in [7, 11) is 1.63. The molecule has 1 aliphatic heterocycles. The van der Waals surface area contributed by atoms with Gasteiger partial charge in [0.05, 0.1) is 18.5 Å². The van der Waals surface area contributed by atoms with E-state index in [4.69, 9.17) is 4.74 Å². The molecule has 0 unspecified atom stereocenters. The van der Waals surface area contributed by atoms with Crippen LogP contribution >= 0.6 is 0 Å². The Morgan fingerprint density at radius 1 is 0.967 bits per heavy atom. The second kappa shape index (κ2) is 8.77. The summed E-state index contributed by atoms with van der Waals surface area (Å²) in [5, 5.41) is 11.3. The SMILES string of the molecule is COc1ccccc1-c1ccc(N2CCN(C(=O)Nc3ccccc3F)CC2)nn1. The average Bonchev–Trinajstić information content (AvgIpc) is 2.81. The fourth-order valence-electron chi connectivity index (χ4n) is 3.39. The summed E-state index contributed by atoms with van der Waals surface area (Å²) in [6.07, 6.45) is 0. The number of piperazine rings is 1. The molecule has 1 N–H and O–H groups in total. The van der Waals surface area contributed by atoms with Crippen molar-refractivity contribution >= 4 is 17.5 Å². The highest BCUT2D eigenvalue weighted by Crippen LogP contribution is 2.28. The number of urea groups is 1. The van der Waals surface area contributed by atoms with Crippen molar-refractivity contribution in [1.29, 1.82) is 0 Å². The molecule has 0 saturated carbocycles. The number of para-hydroxylation sites is 2. The zero-order chi connectivity index (χ0) is 20.9. The van der Waals surface area contributed by atoms with Crippen molar-refractivity contribution in [3.63, 3.8) is 0 Å². The molecule has 0 bridgehead atoms. The Morgan fingerprint density at radius 3 is 2.40 bits per heavy atom. The lowest BCUT2D eigenvalue weighted by molar-refractivity contribution is 0.208. The maximum Gasteiger partial charge on any atom is 0.322 e. The zero-order valence-corrected chi connectivity index (χ0v) is 16.6. The van der Waals surface area contributed by atoms with Crippen LogP contribution in [0.15, 0.2) is 60.7 Å². The van der Waals surface area contributed by atoms with Crippen molar-refractivity contribution < 1.29 is 13.9 Å². The topological polar surface area (TPSA) is 70.6 Å². The summed E-state index contributed by atoms with van der Waals surface area (Å²) in [4.78, 5) is 16.2. The van der Waals surface area contributed by atoms with E-state index in [1.807, 2.05) is 36.4 Å². The molecule has 3 aromatic rings. The van der Waals surface area contributed by atoms with Crippen LogP contribution in [0.4, 0.5) is 20.7 Å². The Morgan fingerprint density at radius 2 is 1.70 bits per heavy atom. The van der Waals surface area contributed by atoms with Gasteiger partial charge in [-0.15, -0.1) is 10.2 Å². The molecule has 154 valence electrons. The summed E-state index contributed by atoms with van der Waals surface area (Å²) >= 11 is 0. The lowest BCUT2D eigenvalue weighted by atomic mass is 10.1. The molecule has 0 spiro atoms. The summed E-state index contributed by atoms with van der Waals surface area (Å²) < 4.78 is 19.1. The van der Waals surface area contributed by atoms with Gasteiger partial charge in [-0.05, 0) is 36.4 Å². The minimum atomic E-state index is -0.449. The van der Waals surface area contributed by atoms with Crippen LogP contribution in [0, 0.1) is 5.82 Å². The summed E-state index contributed by atoms with van der Waals surface area (Å²) in [6.45, 7) is 2.26. The van der Waals surface area contributed by atoms with E-state index in [0.717, 1.165) is 22.8 Å². The Labute approximate surface area is 174 Å². The maximum atomic E-state index is 13.7. The van der Waals surface area contributed by atoms with E-state index in [2.05, 4.69) is 20.4 Å². The Bertz CT molecular complexity index is 1020. The van der Waals surface area contributed by atoms with Gasteiger partial charge in [-0.25, -0.2) is 9.18 Å². The van der Waals surface area contributed by atoms with E-state index >= 15 is 0 Å². The Balaban J connectivity index is 1.37. The van der Waals surface area contributed by atoms with E-state index < -0.39 is 5.82 Å². The minimum absolute atomic E-state index is 0.183. The van der Waals surface area contributed by atoms with Crippen LogP contribution in [0.5, 0.6) is 5.75 Å². The molecular formula is C22H22FN5O2. The van der Waals surface area contributed by atoms with Gasteiger partial charge in [0.1, 0.15) is 11.6 Å². The highest BCUT2D eigenvalue weighted by molar-refractivity contribution is 5.89. The number of methoxy groups -OCH3 is 1. The van der Waals surface area contributed by atoms with Gasteiger partial charge < -0.3 is 19.9 Å². The second-order valence-corrected chi connectivity index (χ2v) is 6.86. The first-order chi connectivity index (χ1) is 14.7. The molecular weight excluding hydrogens is 385 g/mol. The third-order valence-electron chi connectivity index (χ3n) is 5.04. The van der Waals surface area contributed by atoms with E-state index in [1.54, 1.807) is 30.2 Å². The molecule has 1 aromatic heterocycles. The van der Waals surface area contributed by atoms with E-state index in [1.165, 1.54) is 6.07 Å². The molecule has 0 atom stereocenters. The fraction of sp³-hybridized carbons (Fsp3) is 0.227. The third kappa shape index (κ3) is 4.17. The number of halogens is 1. The molecule has 4 rings (SSSR count). The van der Waals surface area contributed by atoms with E-state index in [-0.39, 0.29) is 11.7 Å². The summed E-state index contributed by atoms with van der Waals surface area (Å²) in [6, 6.07) is 17.3. The quantitative estimate of drug-likeness (QED) is 0.715. The van der Waals surface area contributed by atoms with Crippen LogP contribution in [0.1, 0.15) is 0 Å². The minimum Gasteiger partial charge on any atom is -0.496 e. The predicted molar refractivity (Wildman–Crippen MR) is 113 cm³/mol. The molecule has 1 fully saturated rings. The molecule has 2 aromatic carbocycles. The second-order valence-electron chi connectivity index (χ2n) is 6.86. The summed E-state index contributed by atoms with van der Waals surface area (Å²) in [5.74, 6) is 1.05. The number of hydrogen-bond acceptors (Lipinski definition) is 5. The van der Waals surface area contributed by atoms with Crippen molar-refractivity contribution in [1.82, 2.24) is 15.1 Å². The normalized spacial score (nSPS) is 13.8. The number of aromatic nitrogens is 2. The number of ether oxygens (including phenoxy) is 1. The highest BCUT2D eigenvalue weighted by Gasteiger charge is 2.23. The number of amides is 2. The molecule has 30 heavy (non-hydrogen) atoms. The molecule has 7 nitrogen and oxygen atoms in total. The van der Waals surface area contributed by atoms with E-state index in [0.29, 0.717) is 26.2 Å². The number of hydrogen-bond donors (Lipinski definition) is 1. The van der Waals surface area contributed by atoms with Gasteiger partial charge in [0.25, 0.3) is 0 Å². The third-order valence-corrected chi connectivity index (χ3v) is 5.04. The number of nitrogens with zero attached hydrogens (tertiary/aromatic N) is 4. The monoisotopic (exact) mass is 407 g/mol. The fourth-order valence-corrected chi connectivity index (χ4v) is 3.39. The number of anilines is 2. The maximum absolute atomic E-state index is 13.7. The van der Waals surface area contributed by atoms with Crippen LogP contribution in [-0.2, 0) is 0 Å². The van der Waals surface area contributed by atoms with Crippen LogP contribution in [0.3, 0.4) is 0 Å². The largest absolute Gasteiger partial charge is 0.496 e. The van der Waals surface area contributed by atoms with E-state index in [9.17, 15) is 9.18 Å². The number of nitrogens with one attached hydrogen (secondary N) is 1. The first kappa shape index (κ1) is 19.6. The Hall–Kier alpha value is -3.68. The number of carbonyl (C=O) groups excluding carboxylic acids is 1. The Kier molecular flexibility index (Phi) is 5.74. The molecule has 2 amide bonds. The van der Waals surface area contributed by atoms with Gasteiger partial charge in [0, 0.05) is 31.7 Å². The first-order valence-corrected chi connectivity index (χ1v) is 9.68. The smallest absolute Gasteiger partial charge is 0.322 e. The van der Waals surface area contributed by atoms with Crippen LogP contribution < -0.4 is 15.0 Å². The molecule has 0 aliphatic carbocycles. The van der Waals surface area contributed by atoms with Gasteiger partial charge in [-0.2, -0.15) is 0 Å². The van der Waals surface area contributed by atoms with Crippen molar-refractivity contribution in [2.24, 2.45) is 0 Å². The predicted octanol–water partition coefficient (Wildman–Crippen LogP) is 3.65. The van der Waals surface area contributed by atoms with Crippen molar-refractivity contribution in [2.45, 2.75) is 0 Å². The van der Waals surface area contributed by atoms with Crippen LogP contribution in [0.25, 0.3) is 11.3 Å². The van der Waals surface area contributed by atoms with Gasteiger partial charge in [-0.1, -0.05) is 24.3 Å². The standard InChI is InChI=1S/C22H22FN5O2/c1-30-20-9-5-2-6-16(20)18-10-11-21(26-25-18)27-12-14-28(15-13-27)22(29)24-19-8-4-3-7-17(19)23/h2-11H,12-15H2,1H3,(H,24,29). The summed E-state index contributed by atoms with van der Waals surface area (Å²) in [5.41, 5.74) is 1.80. The lowest BCUT2D eigenvalue weighted by Crippen LogP contribution is -2.50. The van der Waals surface area contributed by atoms with Gasteiger partial charge >= 0.3 is 6.03 Å². The molecule has 0 radical (unpaired) electrons. The number of rotatable bonds is 4. The molecule has 2 heterocycles.